The standard InChI is InChI=1S/C8H8N2O/c11-8-7-4-2-1-3-6(7)5-9-10-8/h1-5,9-11H/p-1. The topological polar surface area (TPSA) is 47.1 Å². The zero-order chi connectivity index (χ0) is 7.68. The minimum Gasteiger partial charge on any atom is -0.859 e. The normalized spacial score (nSPS) is 14.0. The second kappa shape index (κ2) is 2.20. The minimum absolute atomic E-state index is 0.0805. The quantitative estimate of drug-likeness (QED) is 0.444. The highest BCUT2D eigenvalue weighted by Crippen LogP contribution is 1.76. The van der Waals surface area contributed by atoms with E-state index in [4.69, 9.17) is 0 Å². The van der Waals surface area contributed by atoms with Gasteiger partial charge in [-0.1, -0.05) is 24.3 Å². The number of fused-ring (bicyclic) bond motifs is 1. The van der Waals surface area contributed by atoms with E-state index in [1.165, 1.54) is 0 Å². The monoisotopic (exact) mass is 147 g/mol. The Kier molecular flexibility index (Phi) is 1.22. The van der Waals surface area contributed by atoms with Crippen molar-refractivity contribution < 1.29 is 5.11 Å². The molecule has 0 unspecified atom stereocenters. The Morgan fingerprint density at radius 3 is 2.82 bits per heavy atom. The molecule has 1 aromatic rings. The van der Waals surface area contributed by atoms with Crippen LogP contribution >= 0.6 is 0 Å². The molecule has 3 heteroatoms. The summed E-state index contributed by atoms with van der Waals surface area (Å²) < 4.78 is 0. The van der Waals surface area contributed by atoms with Crippen molar-refractivity contribution in [3.63, 3.8) is 0 Å². The van der Waals surface area contributed by atoms with Gasteiger partial charge < -0.3 is 16.0 Å². The van der Waals surface area contributed by atoms with E-state index < -0.39 is 0 Å². The summed E-state index contributed by atoms with van der Waals surface area (Å²) in [6.45, 7) is 0. The molecule has 0 saturated carbocycles. The third kappa shape index (κ3) is 0.902. The number of benzene rings is 1. The molecule has 1 aliphatic heterocycles. The van der Waals surface area contributed by atoms with Gasteiger partial charge in [0, 0.05) is 11.4 Å². The van der Waals surface area contributed by atoms with Gasteiger partial charge in [-0.05, 0) is 11.1 Å². The summed E-state index contributed by atoms with van der Waals surface area (Å²) in [5.74, 6) is -0.0805. The van der Waals surface area contributed by atoms with Gasteiger partial charge in [-0.25, -0.2) is 0 Å². The zero-order valence-electron chi connectivity index (χ0n) is 5.79. The lowest BCUT2D eigenvalue weighted by Crippen LogP contribution is -2.47. The molecule has 1 aromatic carbocycles. The lowest BCUT2D eigenvalue weighted by molar-refractivity contribution is -0.257. The van der Waals surface area contributed by atoms with Crippen molar-refractivity contribution in [2.45, 2.75) is 0 Å². The van der Waals surface area contributed by atoms with E-state index in [2.05, 4.69) is 10.9 Å². The predicted octanol–water partition coefficient (Wildman–Crippen LogP) is -2.04. The van der Waals surface area contributed by atoms with Gasteiger partial charge in [0.15, 0.2) is 0 Å². The van der Waals surface area contributed by atoms with Gasteiger partial charge in [-0.2, -0.15) is 0 Å². The molecule has 0 aromatic heterocycles. The first-order valence-electron chi connectivity index (χ1n) is 3.36. The third-order valence-corrected chi connectivity index (χ3v) is 1.62. The van der Waals surface area contributed by atoms with E-state index in [1.807, 2.05) is 18.2 Å². The maximum atomic E-state index is 11.1. The van der Waals surface area contributed by atoms with Crippen LogP contribution in [0.4, 0.5) is 0 Å². The maximum Gasteiger partial charge on any atom is 0.0256 e. The van der Waals surface area contributed by atoms with E-state index >= 15 is 0 Å². The van der Waals surface area contributed by atoms with Gasteiger partial charge >= 0.3 is 0 Å². The Bertz CT molecular complexity index is 383. The molecule has 0 bridgehead atoms. The Balaban J connectivity index is 2.89. The van der Waals surface area contributed by atoms with Gasteiger partial charge in [0.05, 0.1) is 0 Å². The molecule has 1 aliphatic rings. The highest BCUT2D eigenvalue weighted by atomic mass is 16.3. The summed E-state index contributed by atoms with van der Waals surface area (Å²) in [5.41, 5.74) is 5.16. The summed E-state index contributed by atoms with van der Waals surface area (Å²) in [6, 6.07) is 7.43. The first kappa shape index (κ1) is 6.09. The van der Waals surface area contributed by atoms with E-state index in [0.717, 1.165) is 5.22 Å². The van der Waals surface area contributed by atoms with Crippen LogP contribution in [0.15, 0.2) is 24.3 Å². The van der Waals surface area contributed by atoms with E-state index in [-0.39, 0.29) is 5.88 Å². The van der Waals surface area contributed by atoms with Crippen molar-refractivity contribution >= 4 is 12.1 Å². The van der Waals surface area contributed by atoms with Crippen molar-refractivity contribution in [3.8, 4) is 0 Å². The molecular weight excluding hydrogens is 140 g/mol. The van der Waals surface area contributed by atoms with Crippen LogP contribution in [0.2, 0.25) is 0 Å². The molecular formula is C8H7N2O-. The zero-order valence-corrected chi connectivity index (χ0v) is 5.79. The Morgan fingerprint density at radius 1 is 1.18 bits per heavy atom. The fraction of sp³-hybridized carbons (Fsp3) is 0. The molecule has 0 aliphatic carbocycles. The van der Waals surface area contributed by atoms with Crippen LogP contribution in [-0.4, -0.2) is 0 Å². The van der Waals surface area contributed by atoms with Crippen LogP contribution < -0.4 is 26.4 Å². The molecule has 0 fully saturated rings. The average molecular weight is 147 g/mol. The van der Waals surface area contributed by atoms with Crippen molar-refractivity contribution in [1.29, 1.82) is 0 Å². The maximum absolute atomic E-state index is 11.1. The number of hydrogen-bond acceptors (Lipinski definition) is 3. The molecule has 0 atom stereocenters. The summed E-state index contributed by atoms with van der Waals surface area (Å²) in [7, 11) is 0. The van der Waals surface area contributed by atoms with E-state index in [9.17, 15) is 5.11 Å². The summed E-state index contributed by atoms with van der Waals surface area (Å²) >= 11 is 0. The third-order valence-electron chi connectivity index (χ3n) is 1.62. The van der Waals surface area contributed by atoms with Gasteiger partial charge in [-0.15, -0.1) is 0 Å². The van der Waals surface area contributed by atoms with Gasteiger partial charge in [-0.3, -0.25) is 0 Å². The number of nitrogens with one attached hydrogen (secondary N) is 2. The molecule has 0 saturated heterocycles. The lowest BCUT2D eigenvalue weighted by atomic mass is 10.2. The number of hydrazine groups is 1. The average Bonchev–Trinajstić information content (AvgIpc) is 2.06. The molecule has 2 N–H and O–H groups in total. The SMILES string of the molecule is [O-]C1=c2ccccc2=CNN1. The molecule has 3 nitrogen and oxygen atoms in total. The van der Waals surface area contributed by atoms with Crippen LogP contribution in [0.3, 0.4) is 0 Å². The van der Waals surface area contributed by atoms with Crippen molar-refractivity contribution in [2.75, 3.05) is 0 Å². The van der Waals surface area contributed by atoms with E-state index in [1.54, 1.807) is 12.3 Å². The van der Waals surface area contributed by atoms with Gasteiger partial charge in [0.25, 0.3) is 0 Å². The first-order valence-corrected chi connectivity index (χ1v) is 3.36. The minimum atomic E-state index is -0.0805. The second-order valence-electron chi connectivity index (χ2n) is 2.33. The molecule has 0 radical (unpaired) electrons. The highest BCUT2D eigenvalue weighted by Gasteiger charge is 1.90. The molecule has 1 heterocycles. The summed E-state index contributed by atoms with van der Waals surface area (Å²) in [6.07, 6.45) is 1.76. The Labute approximate surface area is 63.6 Å². The lowest BCUT2D eigenvalue weighted by Gasteiger charge is -2.18. The second-order valence-corrected chi connectivity index (χ2v) is 2.33. The molecule has 0 spiro atoms. The van der Waals surface area contributed by atoms with Crippen LogP contribution in [-0.2, 0) is 0 Å². The van der Waals surface area contributed by atoms with Crippen molar-refractivity contribution in [2.24, 2.45) is 0 Å². The smallest absolute Gasteiger partial charge is 0.0256 e. The largest absolute Gasteiger partial charge is 0.859 e. The Morgan fingerprint density at radius 2 is 2.00 bits per heavy atom. The van der Waals surface area contributed by atoms with E-state index in [0.29, 0.717) is 5.22 Å². The van der Waals surface area contributed by atoms with Gasteiger partial charge in [0.1, 0.15) is 0 Å². The van der Waals surface area contributed by atoms with Crippen LogP contribution in [0.5, 0.6) is 0 Å². The fourth-order valence-corrected chi connectivity index (χ4v) is 1.08. The van der Waals surface area contributed by atoms with Crippen molar-refractivity contribution in [1.82, 2.24) is 10.9 Å². The Hall–Kier alpha value is -1.64. The van der Waals surface area contributed by atoms with Crippen molar-refractivity contribution in [3.05, 3.63) is 34.7 Å². The first-order chi connectivity index (χ1) is 5.38. The molecule has 0 amide bonds. The number of hydrogen-bond donors (Lipinski definition) is 2. The fourth-order valence-electron chi connectivity index (χ4n) is 1.08. The predicted molar refractivity (Wildman–Crippen MR) is 39.8 cm³/mol. The summed E-state index contributed by atoms with van der Waals surface area (Å²) in [4.78, 5) is 0. The summed E-state index contributed by atoms with van der Waals surface area (Å²) in [5, 5.41) is 12.7. The number of rotatable bonds is 0. The van der Waals surface area contributed by atoms with Crippen LogP contribution in [0.1, 0.15) is 0 Å². The molecule has 56 valence electrons. The van der Waals surface area contributed by atoms with Crippen LogP contribution in [0, 0.1) is 0 Å². The molecule has 2 rings (SSSR count). The van der Waals surface area contributed by atoms with Crippen LogP contribution in [0.25, 0.3) is 12.1 Å². The molecule has 11 heavy (non-hydrogen) atoms. The van der Waals surface area contributed by atoms with Gasteiger partial charge in [0.2, 0.25) is 0 Å². The highest BCUT2D eigenvalue weighted by molar-refractivity contribution is 5.38.